The lowest BCUT2D eigenvalue weighted by molar-refractivity contribution is 0.101. The molecule has 0 aliphatic carbocycles. The molecular formula is C7H6BrClN2O. The van der Waals surface area contributed by atoms with E-state index in [-0.39, 0.29) is 16.6 Å². The van der Waals surface area contributed by atoms with Gasteiger partial charge >= 0.3 is 0 Å². The fraction of sp³-hybridized carbons (Fsp3) is 0.286. The van der Waals surface area contributed by atoms with Crippen LogP contribution in [0.3, 0.4) is 0 Å². The summed E-state index contributed by atoms with van der Waals surface area (Å²) in [5, 5.41) is 0.156. The van der Waals surface area contributed by atoms with Crippen molar-refractivity contribution >= 4 is 33.3 Å². The Labute approximate surface area is 83.3 Å². The number of Topliss-reactive ketones (excluding diaryl/α,β-unsaturated/α-hetero) is 1. The SMILES string of the molecule is CC(=O)c1nc(Br)c(C)nc1Cl. The van der Waals surface area contributed by atoms with Gasteiger partial charge in [0.2, 0.25) is 0 Å². The smallest absolute Gasteiger partial charge is 0.181 e. The van der Waals surface area contributed by atoms with Crippen molar-refractivity contribution in [1.82, 2.24) is 9.97 Å². The predicted octanol–water partition coefficient (Wildman–Crippen LogP) is 2.40. The maximum atomic E-state index is 10.9. The molecule has 12 heavy (non-hydrogen) atoms. The number of hydrogen-bond acceptors (Lipinski definition) is 3. The molecule has 0 unspecified atom stereocenters. The first kappa shape index (κ1) is 9.61. The van der Waals surface area contributed by atoms with Crippen LogP contribution in [0.4, 0.5) is 0 Å². The summed E-state index contributed by atoms with van der Waals surface area (Å²) in [7, 11) is 0. The van der Waals surface area contributed by atoms with E-state index in [1.54, 1.807) is 6.92 Å². The summed E-state index contributed by atoms with van der Waals surface area (Å²) >= 11 is 8.85. The first-order valence-electron chi connectivity index (χ1n) is 3.23. The number of halogens is 2. The van der Waals surface area contributed by atoms with E-state index in [0.29, 0.717) is 10.3 Å². The Hall–Kier alpha value is -0.480. The standard InChI is InChI=1S/C7H6BrClN2O/c1-3-6(8)11-5(4(2)12)7(9)10-3/h1-2H3. The number of hydrogen-bond donors (Lipinski definition) is 0. The first-order chi connectivity index (χ1) is 5.52. The summed E-state index contributed by atoms with van der Waals surface area (Å²) in [5.74, 6) is -0.187. The van der Waals surface area contributed by atoms with Gasteiger partial charge in [0.15, 0.2) is 10.9 Å². The Morgan fingerprint density at radius 2 is 2.08 bits per heavy atom. The van der Waals surface area contributed by atoms with E-state index >= 15 is 0 Å². The van der Waals surface area contributed by atoms with Gasteiger partial charge in [0, 0.05) is 6.92 Å². The van der Waals surface area contributed by atoms with Gasteiger partial charge in [0.25, 0.3) is 0 Å². The number of aromatic nitrogens is 2. The van der Waals surface area contributed by atoms with Crippen LogP contribution in [0.15, 0.2) is 4.60 Å². The minimum Gasteiger partial charge on any atom is -0.293 e. The Balaban J connectivity index is 3.33. The molecule has 0 aliphatic heterocycles. The van der Waals surface area contributed by atoms with Gasteiger partial charge in [-0.15, -0.1) is 0 Å². The average Bonchev–Trinajstić information content (AvgIpc) is 1.96. The van der Waals surface area contributed by atoms with E-state index in [2.05, 4.69) is 25.9 Å². The van der Waals surface area contributed by atoms with Crippen LogP contribution in [0.25, 0.3) is 0 Å². The molecule has 64 valence electrons. The van der Waals surface area contributed by atoms with Crippen LogP contribution >= 0.6 is 27.5 Å². The molecule has 0 saturated carbocycles. The molecular weight excluding hydrogens is 243 g/mol. The zero-order valence-electron chi connectivity index (χ0n) is 6.56. The van der Waals surface area contributed by atoms with Gasteiger partial charge in [-0.05, 0) is 22.9 Å². The Morgan fingerprint density at radius 3 is 2.58 bits per heavy atom. The predicted molar refractivity (Wildman–Crippen MR) is 49.5 cm³/mol. The summed E-state index contributed by atoms with van der Waals surface area (Å²) in [6.07, 6.45) is 0. The van der Waals surface area contributed by atoms with Crippen LogP contribution in [0, 0.1) is 6.92 Å². The van der Waals surface area contributed by atoms with Gasteiger partial charge in [0.05, 0.1) is 5.69 Å². The van der Waals surface area contributed by atoms with E-state index in [1.807, 2.05) is 0 Å². The van der Waals surface area contributed by atoms with Crippen LogP contribution in [0.1, 0.15) is 23.1 Å². The molecule has 1 aromatic rings. The van der Waals surface area contributed by atoms with E-state index in [0.717, 1.165) is 0 Å². The molecule has 0 amide bonds. The molecule has 0 aromatic carbocycles. The van der Waals surface area contributed by atoms with Crippen molar-refractivity contribution in [3.8, 4) is 0 Å². The Kier molecular flexibility index (Phi) is 2.80. The third-order valence-corrected chi connectivity index (χ3v) is 2.32. The zero-order valence-corrected chi connectivity index (χ0v) is 8.90. The lowest BCUT2D eigenvalue weighted by Gasteiger charge is -2.01. The van der Waals surface area contributed by atoms with E-state index in [9.17, 15) is 4.79 Å². The van der Waals surface area contributed by atoms with Crippen molar-refractivity contribution < 1.29 is 4.79 Å². The number of ketones is 1. The molecule has 1 heterocycles. The molecule has 1 aromatic heterocycles. The van der Waals surface area contributed by atoms with Crippen molar-refractivity contribution in [3.63, 3.8) is 0 Å². The lowest BCUT2D eigenvalue weighted by atomic mass is 10.3. The number of rotatable bonds is 1. The quantitative estimate of drug-likeness (QED) is 0.718. The fourth-order valence-corrected chi connectivity index (χ4v) is 1.26. The van der Waals surface area contributed by atoms with Gasteiger partial charge in [-0.3, -0.25) is 4.79 Å². The summed E-state index contributed by atoms with van der Waals surface area (Å²) in [6, 6.07) is 0. The second kappa shape index (κ2) is 3.49. The van der Waals surface area contributed by atoms with Gasteiger partial charge in [-0.25, -0.2) is 9.97 Å². The largest absolute Gasteiger partial charge is 0.293 e. The highest BCUT2D eigenvalue weighted by Gasteiger charge is 2.11. The molecule has 0 atom stereocenters. The van der Waals surface area contributed by atoms with Crippen LogP contribution in [0.2, 0.25) is 5.15 Å². The van der Waals surface area contributed by atoms with Crippen molar-refractivity contribution in [2.45, 2.75) is 13.8 Å². The summed E-state index contributed by atoms with van der Waals surface area (Å²) in [5.41, 5.74) is 0.874. The van der Waals surface area contributed by atoms with Crippen LogP contribution < -0.4 is 0 Å². The Morgan fingerprint density at radius 1 is 1.50 bits per heavy atom. The molecule has 0 saturated heterocycles. The number of carbonyl (C=O) groups is 1. The number of carbonyl (C=O) groups excluding carboxylic acids is 1. The van der Waals surface area contributed by atoms with Gasteiger partial charge < -0.3 is 0 Å². The highest BCUT2D eigenvalue weighted by atomic mass is 79.9. The third kappa shape index (κ3) is 1.81. The van der Waals surface area contributed by atoms with Crippen molar-refractivity contribution in [1.29, 1.82) is 0 Å². The average molecular weight is 249 g/mol. The van der Waals surface area contributed by atoms with Crippen molar-refractivity contribution in [2.24, 2.45) is 0 Å². The highest BCUT2D eigenvalue weighted by molar-refractivity contribution is 9.10. The molecule has 0 N–H and O–H groups in total. The van der Waals surface area contributed by atoms with Crippen LogP contribution in [0.5, 0.6) is 0 Å². The maximum absolute atomic E-state index is 10.9. The van der Waals surface area contributed by atoms with Crippen molar-refractivity contribution in [3.05, 3.63) is 21.1 Å². The molecule has 0 aliphatic rings. The second-order valence-electron chi connectivity index (χ2n) is 2.30. The van der Waals surface area contributed by atoms with Gasteiger partial charge in [-0.2, -0.15) is 0 Å². The van der Waals surface area contributed by atoms with E-state index < -0.39 is 0 Å². The monoisotopic (exact) mass is 248 g/mol. The molecule has 0 radical (unpaired) electrons. The first-order valence-corrected chi connectivity index (χ1v) is 4.40. The minimum absolute atomic E-state index is 0.156. The molecule has 0 fully saturated rings. The van der Waals surface area contributed by atoms with E-state index in [4.69, 9.17) is 11.6 Å². The van der Waals surface area contributed by atoms with Crippen molar-refractivity contribution in [2.75, 3.05) is 0 Å². The maximum Gasteiger partial charge on any atom is 0.181 e. The summed E-state index contributed by atoms with van der Waals surface area (Å²) in [6.45, 7) is 3.16. The minimum atomic E-state index is -0.187. The normalized spacial score (nSPS) is 10.0. The molecule has 0 spiro atoms. The Bertz CT molecular complexity index is 340. The lowest BCUT2D eigenvalue weighted by Crippen LogP contribution is -2.02. The molecule has 0 bridgehead atoms. The topological polar surface area (TPSA) is 42.9 Å². The molecule has 3 nitrogen and oxygen atoms in total. The van der Waals surface area contributed by atoms with Gasteiger partial charge in [0.1, 0.15) is 10.3 Å². The summed E-state index contributed by atoms with van der Waals surface area (Å²) in [4.78, 5) is 18.8. The zero-order chi connectivity index (χ0) is 9.30. The highest BCUT2D eigenvalue weighted by Crippen LogP contribution is 2.17. The van der Waals surface area contributed by atoms with Gasteiger partial charge in [-0.1, -0.05) is 11.6 Å². The molecule has 1 rings (SSSR count). The summed E-state index contributed by atoms with van der Waals surface area (Å²) < 4.78 is 0.553. The second-order valence-corrected chi connectivity index (χ2v) is 3.40. The van der Waals surface area contributed by atoms with Crippen LogP contribution in [-0.4, -0.2) is 15.8 Å². The fourth-order valence-electron chi connectivity index (χ4n) is 0.695. The van der Waals surface area contributed by atoms with Crippen LogP contribution in [-0.2, 0) is 0 Å². The molecule has 5 heteroatoms. The van der Waals surface area contributed by atoms with E-state index in [1.165, 1.54) is 6.92 Å². The number of nitrogens with zero attached hydrogens (tertiary/aromatic N) is 2. The number of aryl methyl sites for hydroxylation is 1. The third-order valence-electron chi connectivity index (χ3n) is 1.30.